The van der Waals surface area contributed by atoms with Crippen molar-refractivity contribution in [2.45, 2.75) is 32.2 Å². The molecular weight excluding hydrogens is 168 g/mol. The number of hydrogen-bond acceptors (Lipinski definition) is 4. The minimum atomic E-state index is -0.285. The summed E-state index contributed by atoms with van der Waals surface area (Å²) in [7, 11) is 0. The summed E-state index contributed by atoms with van der Waals surface area (Å²) < 4.78 is 0. The predicted octanol–water partition coefficient (Wildman–Crippen LogP) is 1.48. The van der Waals surface area contributed by atoms with E-state index in [1.165, 1.54) is 12.2 Å². The highest BCUT2D eigenvalue weighted by molar-refractivity contribution is 5.42. The summed E-state index contributed by atoms with van der Waals surface area (Å²) in [4.78, 5) is 27.3. The highest BCUT2D eigenvalue weighted by Gasteiger charge is 2.20. The van der Waals surface area contributed by atoms with Gasteiger partial charge in [-0.25, -0.2) is 9.59 Å². The molecule has 0 aromatic carbocycles. The molecule has 1 atom stereocenters. The van der Waals surface area contributed by atoms with Crippen LogP contribution in [0.3, 0.4) is 0 Å². The van der Waals surface area contributed by atoms with Gasteiger partial charge in [0.25, 0.3) is 0 Å². The first-order valence-electron chi connectivity index (χ1n) is 4.14. The summed E-state index contributed by atoms with van der Waals surface area (Å²) in [5.41, 5.74) is 1.60. The molecule has 0 saturated heterocycles. The van der Waals surface area contributed by atoms with Crippen molar-refractivity contribution in [2.24, 2.45) is 9.98 Å². The second-order valence-electron chi connectivity index (χ2n) is 3.00. The summed E-state index contributed by atoms with van der Waals surface area (Å²) in [5.74, 6) is 0. The molecule has 13 heavy (non-hydrogen) atoms. The summed E-state index contributed by atoms with van der Waals surface area (Å²) in [6.07, 6.45) is 5.62. The van der Waals surface area contributed by atoms with Crippen molar-refractivity contribution in [2.75, 3.05) is 0 Å². The zero-order valence-electron chi connectivity index (χ0n) is 7.41. The fourth-order valence-electron chi connectivity index (χ4n) is 1.52. The SMILES string of the molecule is CC1=C(N=C=O)C(N=C=O)CCC1. The molecule has 0 radical (unpaired) electrons. The molecule has 1 aliphatic rings. The van der Waals surface area contributed by atoms with Gasteiger partial charge < -0.3 is 0 Å². The Morgan fingerprint density at radius 1 is 1.38 bits per heavy atom. The number of allylic oxidation sites excluding steroid dienone is 1. The maximum Gasteiger partial charge on any atom is 0.240 e. The molecule has 0 amide bonds. The second-order valence-corrected chi connectivity index (χ2v) is 3.00. The van der Waals surface area contributed by atoms with Gasteiger partial charge in [0, 0.05) is 0 Å². The van der Waals surface area contributed by atoms with E-state index in [1.54, 1.807) is 0 Å². The first-order chi connectivity index (χ1) is 6.29. The largest absolute Gasteiger partial charge is 0.240 e. The number of hydrogen-bond donors (Lipinski definition) is 0. The van der Waals surface area contributed by atoms with Crippen molar-refractivity contribution in [3.8, 4) is 0 Å². The van der Waals surface area contributed by atoms with Crippen molar-refractivity contribution >= 4 is 12.2 Å². The third-order valence-corrected chi connectivity index (χ3v) is 2.16. The highest BCUT2D eigenvalue weighted by atomic mass is 16.1. The highest BCUT2D eigenvalue weighted by Crippen LogP contribution is 2.27. The first-order valence-corrected chi connectivity index (χ1v) is 4.14. The van der Waals surface area contributed by atoms with Crippen LogP contribution in [-0.2, 0) is 9.59 Å². The Morgan fingerprint density at radius 2 is 2.15 bits per heavy atom. The van der Waals surface area contributed by atoms with Gasteiger partial charge in [0.2, 0.25) is 12.2 Å². The Hall–Kier alpha value is -1.50. The van der Waals surface area contributed by atoms with Gasteiger partial charge in [-0.3, -0.25) is 0 Å². The molecule has 0 aromatic rings. The van der Waals surface area contributed by atoms with Crippen LogP contribution in [-0.4, -0.2) is 18.2 Å². The Kier molecular flexibility index (Phi) is 3.32. The summed E-state index contributed by atoms with van der Waals surface area (Å²) in [6.45, 7) is 1.89. The maximum atomic E-state index is 10.1. The number of isocyanates is 2. The van der Waals surface area contributed by atoms with E-state index < -0.39 is 0 Å². The molecule has 4 heteroatoms. The molecule has 0 saturated carbocycles. The first kappa shape index (κ1) is 9.59. The van der Waals surface area contributed by atoms with E-state index in [2.05, 4.69) is 9.98 Å². The van der Waals surface area contributed by atoms with Gasteiger partial charge in [0.1, 0.15) is 6.04 Å². The van der Waals surface area contributed by atoms with Gasteiger partial charge in [0.15, 0.2) is 0 Å². The maximum absolute atomic E-state index is 10.1. The molecule has 0 bridgehead atoms. The third-order valence-electron chi connectivity index (χ3n) is 2.16. The summed E-state index contributed by atoms with van der Waals surface area (Å²) >= 11 is 0. The van der Waals surface area contributed by atoms with E-state index in [0.29, 0.717) is 5.70 Å². The lowest BCUT2D eigenvalue weighted by molar-refractivity contribution is 0.542. The quantitative estimate of drug-likeness (QED) is 0.475. The van der Waals surface area contributed by atoms with Crippen LogP contribution < -0.4 is 0 Å². The van der Waals surface area contributed by atoms with E-state index in [9.17, 15) is 9.59 Å². The second kappa shape index (κ2) is 4.51. The molecule has 0 spiro atoms. The number of nitrogens with zero attached hydrogens (tertiary/aromatic N) is 2. The van der Waals surface area contributed by atoms with E-state index in [0.717, 1.165) is 24.8 Å². The molecule has 1 unspecified atom stereocenters. The monoisotopic (exact) mass is 178 g/mol. The molecule has 0 N–H and O–H groups in total. The van der Waals surface area contributed by atoms with Crippen molar-refractivity contribution < 1.29 is 9.59 Å². The summed E-state index contributed by atoms with van der Waals surface area (Å²) in [6, 6.07) is -0.285. The average molecular weight is 178 g/mol. The van der Waals surface area contributed by atoms with Crippen molar-refractivity contribution in [3.63, 3.8) is 0 Å². The minimum Gasteiger partial charge on any atom is -0.211 e. The Balaban J connectivity index is 3.02. The lowest BCUT2D eigenvalue weighted by atomic mass is 9.94. The average Bonchev–Trinajstić information content (AvgIpc) is 2.11. The van der Waals surface area contributed by atoms with E-state index >= 15 is 0 Å². The molecular formula is C9H10N2O2. The van der Waals surface area contributed by atoms with Crippen LogP contribution in [0.4, 0.5) is 0 Å². The van der Waals surface area contributed by atoms with Crippen molar-refractivity contribution in [1.29, 1.82) is 0 Å². The molecule has 4 nitrogen and oxygen atoms in total. The molecule has 0 aliphatic heterocycles. The van der Waals surface area contributed by atoms with Crippen molar-refractivity contribution in [1.82, 2.24) is 0 Å². The van der Waals surface area contributed by atoms with E-state index in [1.807, 2.05) is 6.92 Å². The zero-order valence-corrected chi connectivity index (χ0v) is 7.41. The molecule has 0 fully saturated rings. The fourth-order valence-corrected chi connectivity index (χ4v) is 1.52. The van der Waals surface area contributed by atoms with Crippen LogP contribution in [0, 0.1) is 0 Å². The van der Waals surface area contributed by atoms with Crippen LogP contribution in [0.5, 0.6) is 0 Å². The lowest BCUT2D eigenvalue weighted by Crippen LogP contribution is -2.13. The smallest absolute Gasteiger partial charge is 0.211 e. The Morgan fingerprint density at radius 3 is 2.77 bits per heavy atom. The summed E-state index contributed by atoms with van der Waals surface area (Å²) in [5, 5.41) is 0. The molecule has 68 valence electrons. The molecule has 0 heterocycles. The predicted molar refractivity (Wildman–Crippen MR) is 46.6 cm³/mol. The zero-order chi connectivity index (χ0) is 9.68. The van der Waals surface area contributed by atoms with Crippen LogP contribution in [0.25, 0.3) is 0 Å². The number of carbonyl (C=O) groups excluding carboxylic acids is 2. The van der Waals surface area contributed by atoms with Gasteiger partial charge in [-0.15, -0.1) is 0 Å². The van der Waals surface area contributed by atoms with Gasteiger partial charge in [-0.2, -0.15) is 9.98 Å². The van der Waals surface area contributed by atoms with E-state index in [-0.39, 0.29) is 6.04 Å². The number of aliphatic imine (C=N–C) groups is 2. The Labute approximate surface area is 76.1 Å². The van der Waals surface area contributed by atoms with Crippen molar-refractivity contribution in [3.05, 3.63) is 11.3 Å². The molecule has 1 aliphatic carbocycles. The van der Waals surface area contributed by atoms with Crippen LogP contribution in [0.15, 0.2) is 21.3 Å². The Bertz CT molecular complexity index is 321. The lowest BCUT2D eigenvalue weighted by Gasteiger charge is -2.18. The van der Waals surface area contributed by atoms with Gasteiger partial charge >= 0.3 is 0 Å². The van der Waals surface area contributed by atoms with Gasteiger partial charge in [-0.05, 0) is 31.8 Å². The third kappa shape index (κ3) is 2.22. The number of rotatable bonds is 2. The van der Waals surface area contributed by atoms with Gasteiger partial charge in [0.05, 0.1) is 5.70 Å². The molecule has 1 rings (SSSR count). The van der Waals surface area contributed by atoms with E-state index in [4.69, 9.17) is 0 Å². The van der Waals surface area contributed by atoms with Crippen LogP contribution in [0.1, 0.15) is 26.2 Å². The van der Waals surface area contributed by atoms with Gasteiger partial charge in [-0.1, -0.05) is 0 Å². The standard InChI is InChI=1S/C9H10N2O2/c1-7-3-2-4-8(10-5-12)9(7)11-6-13/h8H,2-4H2,1H3. The minimum absolute atomic E-state index is 0.285. The van der Waals surface area contributed by atoms with Crippen LogP contribution in [0.2, 0.25) is 0 Å². The normalized spacial score (nSPS) is 21.8. The topological polar surface area (TPSA) is 58.9 Å². The van der Waals surface area contributed by atoms with Crippen LogP contribution >= 0.6 is 0 Å². The molecule has 0 aromatic heterocycles. The fraction of sp³-hybridized carbons (Fsp3) is 0.556.